The molecule has 0 aliphatic carbocycles. The summed E-state index contributed by atoms with van der Waals surface area (Å²) < 4.78 is 16.6. The molecule has 2 aromatic carbocycles. The minimum Gasteiger partial charge on any atom is -0.497 e. The number of amides is 2. The molecular weight excluding hydrogens is 444 g/mol. The first kappa shape index (κ1) is 24.3. The molecule has 3 aromatic rings. The van der Waals surface area contributed by atoms with Crippen LogP contribution >= 0.6 is 0 Å². The largest absolute Gasteiger partial charge is 0.497 e. The van der Waals surface area contributed by atoms with Gasteiger partial charge in [-0.15, -0.1) is 0 Å². The number of carbonyl (C=O) groups excluding carboxylic acids is 1. The average molecular weight is 477 g/mol. The zero-order valence-corrected chi connectivity index (χ0v) is 20.4. The van der Waals surface area contributed by atoms with E-state index in [0.717, 1.165) is 30.9 Å². The quantitative estimate of drug-likeness (QED) is 0.505. The molecule has 1 aliphatic heterocycles. The first-order valence-electron chi connectivity index (χ1n) is 11.6. The highest BCUT2D eigenvalue weighted by molar-refractivity contribution is 5.90. The summed E-state index contributed by atoms with van der Waals surface area (Å²) in [6.45, 7) is 1.95. The summed E-state index contributed by atoms with van der Waals surface area (Å²) in [5.74, 6) is 2.27. The van der Waals surface area contributed by atoms with E-state index in [9.17, 15) is 4.79 Å². The van der Waals surface area contributed by atoms with Crippen molar-refractivity contribution in [1.82, 2.24) is 9.88 Å². The Balaban J connectivity index is 1.65. The Hall–Kier alpha value is -3.78. The Bertz CT molecular complexity index is 1160. The molecule has 0 saturated carbocycles. The van der Waals surface area contributed by atoms with Gasteiger partial charge in [0.15, 0.2) is 11.5 Å². The maximum absolute atomic E-state index is 12.2. The first-order chi connectivity index (χ1) is 17.0. The number of benzene rings is 2. The van der Waals surface area contributed by atoms with Crippen LogP contribution in [-0.4, -0.2) is 56.9 Å². The van der Waals surface area contributed by atoms with Crippen LogP contribution in [0.15, 0.2) is 60.9 Å². The third-order valence-corrected chi connectivity index (χ3v) is 6.51. The maximum Gasteiger partial charge on any atom is 0.319 e. The van der Waals surface area contributed by atoms with Gasteiger partial charge in [0.2, 0.25) is 0 Å². The predicted octanol–water partition coefficient (Wildman–Crippen LogP) is 3.83. The molecule has 1 atom stereocenters. The van der Waals surface area contributed by atoms with E-state index < -0.39 is 6.03 Å². The van der Waals surface area contributed by atoms with Crippen LogP contribution in [0.25, 0.3) is 0 Å². The second-order valence-corrected chi connectivity index (χ2v) is 8.46. The van der Waals surface area contributed by atoms with Crippen LogP contribution in [0.1, 0.15) is 22.7 Å². The van der Waals surface area contributed by atoms with Crippen LogP contribution in [-0.2, 0) is 12.8 Å². The van der Waals surface area contributed by atoms with Crippen molar-refractivity contribution in [3.8, 4) is 17.2 Å². The smallest absolute Gasteiger partial charge is 0.319 e. The van der Waals surface area contributed by atoms with Gasteiger partial charge in [0.05, 0.1) is 33.2 Å². The molecule has 1 unspecified atom stereocenters. The Morgan fingerprint density at radius 2 is 1.89 bits per heavy atom. The molecular formula is C27H32N4O4. The minimum absolute atomic E-state index is 0.0780. The van der Waals surface area contributed by atoms with Gasteiger partial charge in [-0.3, -0.25) is 14.8 Å². The summed E-state index contributed by atoms with van der Waals surface area (Å²) in [5.41, 5.74) is 10.0. The van der Waals surface area contributed by atoms with Crippen molar-refractivity contribution in [2.45, 2.75) is 18.9 Å². The van der Waals surface area contributed by atoms with Gasteiger partial charge in [-0.05, 0) is 65.9 Å². The van der Waals surface area contributed by atoms with Gasteiger partial charge in [0, 0.05) is 31.9 Å². The molecule has 0 fully saturated rings. The van der Waals surface area contributed by atoms with Gasteiger partial charge in [0.25, 0.3) is 0 Å². The first-order valence-corrected chi connectivity index (χ1v) is 11.6. The number of hydrogen-bond donors (Lipinski definition) is 1. The number of nitrogens with zero attached hydrogens (tertiary/aromatic N) is 3. The lowest BCUT2D eigenvalue weighted by Crippen LogP contribution is -2.45. The van der Waals surface area contributed by atoms with E-state index >= 15 is 0 Å². The molecule has 0 bridgehead atoms. The molecule has 2 N–H and O–H groups in total. The van der Waals surface area contributed by atoms with E-state index in [-0.39, 0.29) is 6.04 Å². The number of primary amides is 1. The fourth-order valence-electron chi connectivity index (χ4n) is 4.72. The van der Waals surface area contributed by atoms with E-state index in [4.69, 9.17) is 19.9 Å². The van der Waals surface area contributed by atoms with Crippen LogP contribution in [0.5, 0.6) is 17.2 Å². The summed E-state index contributed by atoms with van der Waals surface area (Å²) in [7, 11) is 4.99. The Morgan fingerprint density at radius 1 is 1.09 bits per heavy atom. The number of pyridine rings is 1. The Labute approximate surface area is 206 Å². The van der Waals surface area contributed by atoms with E-state index in [2.05, 4.69) is 34.1 Å². The highest BCUT2D eigenvalue weighted by Gasteiger charge is 2.30. The topological polar surface area (TPSA) is 90.1 Å². The number of rotatable bonds is 9. The average Bonchev–Trinajstić information content (AvgIpc) is 2.89. The Morgan fingerprint density at radius 3 is 2.57 bits per heavy atom. The lowest BCUT2D eigenvalue weighted by Gasteiger charge is -2.39. The molecule has 0 saturated heterocycles. The fraction of sp³-hybridized carbons (Fsp3) is 0.333. The molecule has 1 aromatic heterocycles. The van der Waals surface area contributed by atoms with Crippen molar-refractivity contribution in [3.05, 3.63) is 77.6 Å². The van der Waals surface area contributed by atoms with Crippen LogP contribution in [0.3, 0.4) is 0 Å². The van der Waals surface area contributed by atoms with Gasteiger partial charge >= 0.3 is 6.03 Å². The molecule has 0 radical (unpaired) electrons. The van der Waals surface area contributed by atoms with E-state index in [1.165, 1.54) is 16.7 Å². The minimum atomic E-state index is -0.494. The third-order valence-electron chi connectivity index (χ3n) is 6.51. The van der Waals surface area contributed by atoms with Gasteiger partial charge in [-0.1, -0.05) is 12.1 Å². The summed E-state index contributed by atoms with van der Waals surface area (Å²) in [4.78, 5) is 20.3. The molecule has 35 heavy (non-hydrogen) atoms. The van der Waals surface area contributed by atoms with Crippen LogP contribution < -0.4 is 24.8 Å². The van der Waals surface area contributed by atoms with Crippen LogP contribution in [0.4, 0.5) is 10.5 Å². The number of hydrogen-bond acceptors (Lipinski definition) is 6. The zero-order valence-electron chi connectivity index (χ0n) is 20.4. The standard InChI is InChI=1S/C27H32N4O4/c1-33-22-8-4-6-19(14-22)15-24-23-17-26(35-3)25(34-2)16-20(23)9-11-30(24)12-13-31(27(28)32)21-7-5-10-29-18-21/h4-8,10,14,16-18,24H,9,11-13,15H2,1-3H3,(H2,28,32). The number of urea groups is 1. The highest BCUT2D eigenvalue weighted by Crippen LogP contribution is 2.39. The van der Waals surface area contributed by atoms with Gasteiger partial charge in [0.1, 0.15) is 5.75 Å². The molecule has 8 heteroatoms. The summed E-state index contributed by atoms with van der Waals surface area (Å²) in [6, 6.07) is 15.5. The second kappa shape index (κ2) is 11.1. The maximum atomic E-state index is 12.2. The highest BCUT2D eigenvalue weighted by atomic mass is 16.5. The SMILES string of the molecule is COc1cccc(CC2c3cc(OC)c(OC)cc3CCN2CCN(C(N)=O)c2cccnc2)c1. The number of anilines is 1. The van der Waals surface area contributed by atoms with Crippen molar-refractivity contribution in [2.75, 3.05) is 45.9 Å². The van der Waals surface area contributed by atoms with Gasteiger partial charge in [-0.25, -0.2) is 4.79 Å². The van der Waals surface area contributed by atoms with Gasteiger partial charge < -0.3 is 19.9 Å². The molecule has 1 aliphatic rings. The van der Waals surface area contributed by atoms with Crippen molar-refractivity contribution < 1.29 is 19.0 Å². The fourth-order valence-corrected chi connectivity index (χ4v) is 4.72. The lowest BCUT2D eigenvalue weighted by molar-refractivity contribution is 0.186. The monoisotopic (exact) mass is 476 g/mol. The summed E-state index contributed by atoms with van der Waals surface area (Å²) in [5, 5.41) is 0. The van der Waals surface area contributed by atoms with Crippen molar-refractivity contribution >= 4 is 11.7 Å². The van der Waals surface area contributed by atoms with Crippen molar-refractivity contribution in [2.24, 2.45) is 5.73 Å². The van der Waals surface area contributed by atoms with Gasteiger partial charge in [-0.2, -0.15) is 0 Å². The molecule has 2 heterocycles. The zero-order chi connectivity index (χ0) is 24.8. The molecule has 4 rings (SSSR count). The molecule has 2 amide bonds. The molecule has 0 spiro atoms. The van der Waals surface area contributed by atoms with Crippen molar-refractivity contribution in [3.63, 3.8) is 0 Å². The normalized spacial score (nSPS) is 15.2. The second-order valence-electron chi connectivity index (χ2n) is 8.46. The number of fused-ring (bicyclic) bond motifs is 1. The summed E-state index contributed by atoms with van der Waals surface area (Å²) >= 11 is 0. The van der Waals surface area contributed by atoms with E-state index in [1.54, 1.807) is 44.7 Å². The van der Waals surface area contributed by atoms with E-state index in [0.29, 0.717) is 24.5 Å². The third kappa shape index (κ3) is 5.49. The lowest BCUT2D eigenvalue weighted by atomic mass is 9.88. The predicted molar refractivity (Wildman–Crippen MR) is 135 cm³/mol. The summed E-state index contributed by atoms with van der Waals surface area (Å²) in [6.07, 6.45) is 4.98. The number of aromatic nitrogens is 1. The number of ether oxygens (including phenoxy) is 3. The molecule has 184 valence electrons. The van der Waals surface area contributed by atoms with E-state index in [1.807, 2.05) is 18.2 Å². The van der Waals surface area contributed by atoms with Crippen molar-refractivity contribution in [1.29, 1.82) is 0 Å². The Kier molecular flexibility index (Phi) is 7.72. The van der Waals surface area contributed by atoms with Crippen LogP contribution in [0, 0.1) is 0 Å². The number of methoxy groups -OCH3 is 3. The number of carbonyl (C=O) groups is 1. The van der Waals surface area contributed by atoms with Crippen LogP contribution in [0.2, 0.25) is 0 Å². The number of nitrogens with two attached hydrogens (primary N) is 1. The molecule has 8 nitrogen and oxygen atoms in total.